The smallest absolute Gasteiger partial charge is 0.109 e. The summed E-state index contributed by atoms with van der Waals surface area (Å²) in [6.45, 7) is 7.31. The molecule has 100 valence electrons. The maximum atomic E-state index is 4.82. The van der Waals surface area contributed by atoms with E-state index in [4.69, 9.17) is 4.98 Å². The first-order valence-electron chi connectivity index (χ1n) is 7.58. The minimum atomic E-state index is 0.815. The molecule has 3 heteroatoms. The highest BCUT2D eigenvalue weighted by Gasteiger charge is 2.17. The lowest BCUT2D eigenvalue weighted by Crippen LogP contribution is -2.31. The van der Waals surface area contributed by atoms with Gasteiger partial charge in [-0.1, -0.05) is 13.3 Å². The SMILES string of the molecule is CC1CCn2cc(CCN3CCCCC3)nc2C1. The van der Waals surface area contributed by atoms with Crippen LogP contribution in [0.3, 0.4) is 0 Å². The predicted octanol–water partition coefficient (Wildman–Crippen LogP) is 2.49. The summed E-state index contributed by atoms with van der Waals surface area (Å²) >= 11 is 0. The molecule has 3 rings (SSSR count). The molecular weight excluding hydrogens is 222 g/mol. The number of nitrogens with zero attached hydrogens (tertiary/aromatic N) is 3. The minimum Gasteiger partial charge on any atom is -0.335 e. The van der Waals surface area contributed by atoms with Crippen LogP contribution in [-0.2, 0) is 19.4 Å². The van der Waals surface area contributed by atoms with Crippen LogP contribution < -0.4 is 0 Å². The summed E-state index contributed by atoms with van der Waals surface area (Å²) in [6, 6.07) is 0. The number of aromatic nitrogens is 2. The van der Waals surface area contributed by atoms with Crippen LogP contribution in [0.4, 0.5) is 0 Å². The van der Waals surface area contributed by atoms with Crippen molar-refractivity contribution in [2.24, 2.45) is 5.92 Å². The average molecular weight is 247 g/mol. The predicted molar refractivity (Wildman–Crippen MR) is 73.7 cm³/mol. The van der Waals surface area contributed by atoms with Crippen LogP contribution in [0.1, 0.15) is 44.1 Å². The van der Waals surface area contributed by atoms with Crippen molar-refractivity contribution < 1.29 is 0 Å². The molecule has 3 nitrogen and oxygen atoms in total. The third-order valence-corrected chi connectivity index (χ3v) is 4.44. The normalized spacial score (nSPS) is 25.1. The van der Waals surface area contributed by atoms with Crippen molar-refractivity contribution in [3.05, 3.63) is 17.7 Å². The lowest BCUT2D eigenvalue weighted by atomic mass is 10.0. The Balaban J connectivity index is 1.56. The molecule has 2 aliphatic rings. The molecule has 0 aliphatic carbocycles. The van der Waals surface area contributed by atoms with Crippen molar-refractivity contribution in [3.63, 3.8) is 0 Å². The fourth-order valence-corrected chi connectivity index (χ4v) is 3.22. The molecule has 1 aromatic heterocycles. The average Bonchev–Trinajstić information content (AvgIpc) is 2.79. The Labute approximate surface area is 110 Å². The van der Waals surface area contributed by atoms with Gasteiger partial charge in [0.2, 0.25) is 0 Å². The number of likely N-dealkylation sites (tertiary alicyclic amines) is 1. The van der Waals surface area contributed by atoms with Gasteiger partial charge < -0.3 is 9.47 Å². The van der Waals surface area contributed by atoms with Crippen LogP contribution in [0.2, 0.25) is 0 Å². The number of imidazole rings is 1. The monoisotopic (exact) mass is 247 g/mol. The maximum Gasteiger partial charge on any atom is 0.109 e. The summed E-state index contributed by atoms with van der Waals surface area (Å²) in [6.07, 6.45) is 10.1. The van der Waals surface area contributed by atoms with Crippen molar-refractivity contribution in [3.8, 4) is 0 Å². The standard InChI is InChI=1S/C15H25N3/c1-13-5-10-18-12-14(16-15(18)11-13)6-9-17-7-3-2-4-8-17/h12-13H,2-11H2,1H3. The zero-order valence-electron chi connectivity index (χ0n) is 11.6. The summed E-state index contributed by atoms with van der Waals surface area (Å²) in [7, 11) is 0. The molecular formula is C15H25N3. The number of rotatable bonds is 3. The second kappa shape index (κ2) is 5.43. The molecule has 1 fully saturated rings. The molecule has 0 bridgehead atoms. The molecule has 0 aromatic carbocycles. The van der Waals surface area contributed by atoms with Crippen LogP contribution in [0.5, 0.6) is 0 Å². The van der Waals surface area contributed by atoms with Gasteiger partial charge in [-0.15, -0.1) is 0 Å². The lowest BCUT2D eigenvalue weighted by Gasteiger charge is -2.25. The fourth-order valence-electron chi connectivity index (χ4n) is 3.22. The van der Waals surface area contributed by atoms with Gasteiger partial charge in [-0.3, -0.25) is 0 Å². The summed E-state index contributed by atoms with van der Waals surface area (Å²) < 4.78 is 2.38. The van der Waals surface area contributed by atoms with E-state index >= 15 is 0 Å². The van der Waals surface area contributed by atoms with E-state index in [0.717, 1.165) is 12.3 Å². The highest BCUT2D eigenvalue weighted by molar-refractivity contribution is 5.07. The quantitative estimate of drug-likeness (QED) is 0.818. The van der Waals surface area contributed by atoms with E-state index in [1.165, 1.54) is 69.8 Å². The fraction of sp³-hybridized carbons (Fsp3) is 0.800. The van der Waals surface area contributed by atoms with Gasteiger partial charge in [0.15, 0.2) is 0 Å². The second-order valence-corrected chi connectivity index (χ2v) is 6.09. The second-order valence-electron chi connectivity index (χ2n) is 6.09. The van der Waals surface area contributed by atoms with Crippen LogP contribution in [0, 0.1) is 5.92 Å². The largest absolute Gasteiger partial charge is 0.335 e. The Morgan fingerprint density at radius 2 is 2.06 bits per heavy atom. The first-order valence-corrected chi connectivity index (χ1v) is 7.58. The van der Waals surface area contributed by atoms with Gasteiger partial charge >= 0.3 is 0 Å². The Kier molecular flexibility index (Phi) is 3.69. The number of piperidine rings is 1. The molecule has 0 spiro atoms. The van der Waals surface area contributed by atoms with Crippen LogP contribution >= 0.6 is 0 Å². The lowest BCUT2D eigenvalue weighted by molar-refractivity contribution is 0.231. The third-order valence-electron chi connectivity index (χ3n) is 4.44. The number of fused-ring (bicyclic) bond motifs is 1. The van der Waals surface area contributed by atoms with E-state index in [0.29, 0.717) is 0 Å². The summed E-state index contributed by atoms with van der Waals surface area (Å²) in [5.41, 5.74) is 1.31. The molecule has 0 N–H and O–H groups in total. The maximum absolute atomic E-state index is 4.82. The molecule has 2 aliphatic heterocycles. The van der Waals surface area contributed by atoms with Gasteiger partial charge in [0.1, 0.15) is 5.82 Å². The van der Waals surface area contributed by atoms with E-state index in [9.17, 15) is 0 Å². The zero-order valence-corrected chi connectivity index (χ0v) is 11.6. The molecule has 0 radical (unpaired) electrons. The number of aryl methyl sites for hydroxylation is 1. The van der Waals surface area contributed by atoms with Gasteiger partial charge in [0, 0.05) is 32.1 Å². The highest BCUT2D eigenvalue weighted by atomic mass is 15.1. The van der Waals surface area contributed by atoms with Crippen molar-refractivity contribution in [2.45, 2.75) is 52.0 Å². The molecule has 0 saturated carbocycles. The highest BCUT2D eigenvalue weighted by Crippen LogP contribution is 2.20. The van der Waals surface area contributed by atoms with E-state index in [1.807, 2.05) is 0 Å². The summed E-state index contributed by atoms with van der Waals surface area (Å²) in [5.74, 6) is 2.14. The summed E-state index contributed by atoms with van der Waals surface area (Å²) in [5, 5.41) is 0. The van der Waals surface area contributed by atoms with Crippen molar-refractivity contribution in [1.29, 1.82) is 0 Å². The minimum absolute atomic E-state index is 0.815. The van der Waals surface area contributed by atoms with Gasteiger partial charge in [0.25, 0.3) is 0 Å². The van der Waals surface area contributed by atoms with E-state index in [1.54, 1.807) is 0 Å². The Morgan fingerprint density at radius 1 is 1.22 bits per heavy atom. The van der Waals surface area contributed by atoms with Crippen molar-refractivity contribution in [2.75, 3.05) is 19.6 Å². The van der Waals surface area contributed by atoms with Crippen LogP contribution in [-0.4, -0.2) is 34.1 Å². The van der Waals surface area contributed by atoms with Gasteiger partial charge in [-0.2, -0.15) is 0 Å². The van der Waals surface area contributed by atoms with Crippen molar-refractivity contribution in [1.82, 2.24) is 14.5 Å². The number of hydrogen-bond donors (Lipinski definition) is 0. The van der Waals surface area contributed by atoms with Gasteiger partial charge in [0.05, 0.1) is 5.69 Å². The van der Waals surface area contributed by atoms with E-state index < -0.39 is 0 Å². The molecule has 0 amide bonds. The first kappa shape index (κ1) is 12.2. The number of hydrogen-bond acceptors (Lipinski definition) is 2. The zero-order chi connectivity index (χ0) is 12.4. The molecule has 3 heterocycles. The molecule has 1 unspecified atom stereocenters. The first-order chi connectivity index (χ1) is 8.81. The molecule has 18 heavy (non-hydrogen) atoms. The molecule has 1 atom stereocenters. The Morgan fingerprint density at radius 3 is 2.89 bits per heavy atom. The molecule has 1 saturated heterocycles. The molecule has 1 aromatic rings. The van der Waals surface area contributed by atoms with Crippen LogP contribution in [0.25, 0.3) is 0 Å². The Hall–Kier alpha value is -0.830. The van der Waals surface area contributed by atoms with E-state index in [-0.39, 0.29) is 0 Å². The van der Waals surface area contributed by atoms with Gasteiger partial charge in [-0.25, -0.2) is 4.98 Å². The van der Waals surface area contributed by atoms with Crippen LogP contribution in [0.15, 0.2) is 6.20 Å². The summed E-state index contributed by atoms with van der Waals surface area (Å²) in [4.78, 5) is 7.42. The third kappa shape index (κ3) is 2.77. The topological polar surface area (TPSA) is 21.1 Å². The Bertz CT molecular complexity index is 390. The van der Waals surface area contributed by atoms with E-state index in [2.05, 4.69) is 22.6 Å². The van der Waals surface area contributed by atoms with Gasteiger partial charge in [-0.05, 0) is 38.3 Å². The van der Waals surface area contributed by atoms with Crippen molar-refractivity contribution >= 4 is 0 Å².